The SMILES string of the molecule is C[N+]1(C)CCC2C[N+](C)(CCCO2)CC1. The number of rotatable bonds is 0. The van der Waals surface area contributed by atoms with Crippen LogP contribution >= 0.6 is 0 Å². The Hall–Kier alpha value is -0.120. The molecule has 15 heavy (non-hydrogen) atoms. The van der Waals surface area contributed by atoms with E-state index in [1.807, 2.05) is 0 Å². The minimum atomic E-state index is 0.509. The van der Waals surface area contributed by atoms with Crippen LogP contribution in [0.4, 0.5) is 0 Å². The van der Waals surface area contributed by atoms with Crippen molar-refractivity contribution in [3.8, 4) is 0 Å². The molecule has 3 heteroatoms. The normalized spacial score (nSPS) is 41.4. The molecule has 0 spiro atoms. The average Bonchev–Trinajstić information content (AvgIpc) is 2.35. The van der Waals surface area contributed by atoms with Gasteiger partial charge in [-0.1, -0.05) is 0 Å². The van der Waals surface area contributed by atoms with E-state index in [2.05, 4.69) is 21.1 Å². The highest BCUT2D eigenvalue weighted by atomic mass is 16.5. The van der Waals surface area contributed by atoms with Crippen LogP contribution < -0.4 is 0 Å². The number of quaternary nitrogens is 2. The Morgan fingerprint density at radius 3 is 2.60 bits per heavy atom. The molecule has 2 rings (SSSR count). The number of nitrogens with zero attached hydrogens (tertiary/aromatic N) is 2. The molecule has 0 saturated carbocycles. The number of hydrogen-bond donors (Lipinski definition) is 0. The molecule has 0 aliphatic carbocycles. The zero-order valence-corrected chi connectivity index (χ0v) is 10.5. The number of likely N-dealkylation sites (N-methyl/N-ethyl adjacent to an activating group) is 2. The van der Waals surface area contributed by atoms with E-state index in [-0.39, 0.29) is 0 Å². The third-order valence-electron chi connectivity index (χ3n) is 4.14. The third kappa shape index (κ3) is 2.92. The van der Waals surface area contributed by atoms with Crippen LogP contribution in [0.25, 0.3) is 0 Å². The molecule has 0 amide bonds. The Balaban J connectivity index is 2.10. The molecule has 2 fully saturated rings. The molecule has 0 radical (unpaired) electrons. The summed E-state index contributed by atoms with van der Waals surface area (Å²) in [6.45, 7) is 7.41. The second kappa shape index (κ2) is 4.04. The van der Waals surface area contributed by atoms with E-state index in [1.54, 1.807) is 0 Å². The molecule has 0 N–H and O–H groups in total. The van der Waals surface area contributed by atoms with Crippen molar-refractivity contribution in [1.82, 2.24) is 0 Å². The molecule has 2 aliphatic rings. The molecule has 0 aromatic carbocycles. The molecular weight excluding hydrogens is 188 g/mol. The molecule has 2 saturated heterocycles. The maximum Gasteiger partial charge on any atom is 0.128 e. The van der Waals surface area contributed by atoms with Crippen LogP contribution in [-0.2, 0) is 4.74 Å². The van der Waals surface area contributed by atoms with E-state index in [0.717, 1.165) is 11.1 Å². The van der Waals surface area contributed by atoms with Crippen molar-refractivity contribution >= 4 is 0 Å². The molecule has 2 aliphatic heterocycles. The maximum absolute atomic E-state index is 5.94. The van der Waals surface area contributed by atoms with Crippen molar-refractivity contribution < 1.29 is 13.7 Å². The van der Waals surface area contributed by atoms with Crippen molar-refractivity contribution in [3.63, 3.8) is 0 Å². The molecule has 2 heterocycles. The summed E-state index contributed by atoms with van der Waals surface area (Å²) in [5.74, 6) is 0. The van der Waals surface area contributed by atoms with E-state index in [4.69, 9.17) is 4.74 Å². The van der Waals surface area contributed by atoms with Gasteiger partial charge >= 0.3 is 0 Å². The molecule has 3 nitrogen and oxygen atoms in total. The molecule has 2 unspecified atom stereocenters. The average molecular weight is 214 g/mol. The summed E-state index contributed by atoms with van der Waals surface area (Å²) < 4.78 is 8.33. The fraction of sp³-hybridized carbons (Fsp3) is 1.00. The minimum absolute atomic E-state index is 0.509. The van der Waals surface area contributed by atoms with Crippen LogP contribution in [0.1, 0.15) is 12.8 Å². The lowest BCUT2D eigenvalue weighted by molar-refractivity contribution is -0.962. The highest BCUT2D eigenvalue weighted by Crippen LogP contribution is 2.19. The fourth-order valence-electron chi connectivity index (χ4n) is 2.83. The van der Waals surface area contributed by atoms with E-state index in [9.17, 15) is 0 Å². The van der Waals surface area contributed by atoms with Gasteiger partial charge in [0, 0.05) is 12.8 Å². The fourth-order valence-corrected chi connectivity index (χ4v) is 2.83. The van der Waals surface area contributed by atoms with E-state index < -0.39 is 0 Å². The summed E-state index contributed by atoms with van der Waals surface area (Å²) in [5.41, 5.74) is 0. The quantitative estimate of drug-likeness (QED) is 0.540. The van der Waals surface area contributed by atoms with Crippen LogP contribution in [-0.4, -0.2) is 75.5 Å². The topological polar surface area (TPSA) is 9.23 Å². The summed E-state index contributed by atoms with van der Waals surface area (Å²) in [7, 11) is 7.11. The van der Waals surface area contributed by atoms with Gasteiger partial charge in [-0.3, -0.25) is 0 Å². The van der Waals surface area contributed by atoms with Crippen LogP contribution in [0.15, 0.2) is 0 Å². The first-order chi connectivity index (χ1) is 6.99. The second-order valence-electron chi connectivity index (χ2n) is 6.27. The number of hydrogen-bond acceptors (Lipinski definition) is 1. The zero-order chi connectivity index (χ0) is 10.9. The van der Waals surface area contributed by atoms with Crippen molar-refractivity contribution in [2.75, 3.05) is 60.5 Å². The number of ether oxygens (including phenoxy) is 1. The zero-order valence-electron chi connectivity index (χ0n) is 10.5. The first-order valence-electron chi connectivity index (χ1n) is 6.26. The largest absolute Gasteiger partial charge is 0.372 e. The lowest BCUT2D eigenvalue weighted by atomic mass is 10.1. The van der Waals surface area contributed by atoms with Gasteiger partial charge in [-0.25, -0.2) is 0 Å². The van der Waals surface area contributed by atoms with Crippen molar-refractivity contribution in [2.45, 2.75) is 18.9 Å². The first kappa shape index (κ1) is 11.4. The summed E-state index contributed by atoms with van der Waals surface area (Å²) in [6, 6.07) is 0. The molecular formula is C12H26N2O+2. The van der Waals surface area contributed by atoms with Gasteiger partial charge in [-0.05, 0) is 0 Å². The summed E-state index contributed by atoms with van der Waals surface area (Å²) >= 11 is 0. The smallest absolute Gasteiger partial charge is 0.128 e. The molecule has 88 valence electrons. The summed E-state index contributed by atoms with van der Waals surface area (Å²) in [6.07, 6.45) is 2.98. The summed E-state index contributed by atoms with van der Waals surface area (Å²) in [5, 5.41) is 0. The Morgan fingerprint density at radius 1 is 1.00 bits per heavy atom. The van der Waals surface area contributed by atoms with Gasteiger partial charge in [0.15, 0.2) is 0 Å². The lowest BCUT2D eigenvalue weighted by Gasteiger charge is -2.41. The Bertz CT molecular complexity index is 230. The maximum atomic E-state index is 5.94. The highest BCUT2D eigenvalue weighted by molar-refractivity contribution is 4.63. The standard InChI is InChI=1S/C12H26N2O/c1-13(2)7-5-12-11-14(3,9-8-13)6-4-10-15-12/h12H,4-11H2,1-3H3/q+2. The van der Waals surface area contributed by atoms with Gasteiger partial charge in [-0.2, -0.15) is 0 Å². The van der Waals surface area contributed by atoms with Crippen LogP contribution in [0, 0.1) is 0 Å². The van der Waals surface area contributed by atoms with E-state index >= 15 is 0 Å². The third-order valence-corrected chi connectivity index (χ3v) is 4.14. The van der Waals surface area contributed by atoms with Crippen LogP contribution in [0.2, 0.25) is 0 Å². The van der Waals surface area contributed by atoms with Crippen LogP contribution in [0.5, 0.6) is 0 Å². The Kier molecular flexibility index (Phi) is 3.06. The predicted molar refractivity (Wildman–Crippen MR) is 61.6 cm³/mol. The van der Waals surface area contributed by atoms with Gasteiger partial charge < -0.3 is 13.7 Å². The van der Waals surface area contributed by atoms with Crippen molar-refractivity contribution in [3.05, 3.63) is 0 Å². The van der Waals surface area contributed by atoms with Gasteiger partial charge in [0.25, 0.3) is 0 Å². The predicted octanol–water partition coefficient (Wildman–Crippen LogP) is 0.702. The number of fused-ring (bicyclic) bond motifs is 2. The molecule has 2 atom stereocenters. The van der Waals surface area contributed by atoms with Gasteiger partial charge in [0.2, 0.25) is 0 Å². The first-order valence-corrected chi connectivity index (χ1v) is 6.26. The Morgan fingerprint density at radius 2 is 1.80 bits per heavy atom. The van der Waals surface area contributed by atoms with Gasteiger partial charge in [0.1, 0.15) is 25.7 Å². The molecule has 2 bridgehead atoms. The Labute approximate surface area is 93.8 Å². The van der Waals surface area contributed by atoms with Crippen molar-refractivity contribution in [1.29, 1.82) is 0 Å². The van der Waals surface area contributed by atoms with E-state index in [0.29, 0.717) is 6.10 Å². The van der Waals surface area contributed by atoms with Crippen molar-refractivity contribution in [2.24, 2.45) is 0 Å². The summed E-state index contributed by atoms with van der Waals surface area (Å²) in [4.78, 5) is 0. The van der Waals surface area contributed by atoms with Crippen LogP contribution in [0.3, 0.4) is 0 Å². The monoisotopic (exact) mass is 214 g/mol. The van der Waals surface area contributed by atoms with E-state index in [1.165, 1.54) is 50.0 Å². The van der Waals surface area contributed by atoms with Gasteiger partial charge in [0.05, 0.1) is 40.8 Å². The highest BCUT2D eigenvalue weighted by Gasteiger charge is 2.35. The lowest BCUT2D eigenvalue weighted by Crippen LogP contribution is -2.58. The minimum Gasteiger partial charge on any atom is -0.372 e. The molecule has 0 aromatic rings. The second-order valence-corrected chi connectivity index (χ2v) is 6.27. The van der Waals surface area contributed by atoms with Gasteiger partial charge in [-0.15, -0.1) is 0 Å². The molecule has 0 aromatic heterocycles.